The zero-order valence-electron chi connectivity index (χ0n) is 14.9. The van der Waals surface area contributed by atoms with Crippen LogP contribution in [0.4, 0.5) is 4.79 Å². The normalized spacial score (nSPS) is 19.7. The number of aryl methyl sites for hydroxylation is 1. The van der Waals surface area contributed by atoms with Gasteiger partial charge < -0.3 is 14.7 Å². The molecule has 1 saturated heterocycles. The molecular formula is C19H27NO4. The summed E-state index contributed by atoms with van der Waals surface area (Å²) in [5, 5.41) is 9.75. The molecule has 0 bridgehead atoms. The number of carbonyl (C=O) groups is 2. The first-order valence-electron chi connectivity index (χ1n) is 8.44. The van der Waals surface area contributed by atoms with E-state index in [1.54, 1.807) is 4.90 Å². The largest absolute Gasteiger partial charge is 0.481 e. The van der Waals surface area contributed by atoms with E-state index in [9.17, 15) is 14.7 Å². The number of nitrogens with zero attached hydrogens (tertiary/aromatic N) is 1. The van der Waals surface area contributed by atoms with E-state index in [-0.39, 0.29) is 12.0 Å². The average Bonchev–Trinajstić information content (AvgIpc) is 2.45. The van der Waals surface area contributed by atoms with Crippen LogP contribution in [0.3, 0.4) is 0 Å². The Balaban J connectivity index is 2.16. The van der Waals surface area contributed by atoms with Crippen LogP contribution >= 0.6 is 0 Å². The predicted molar refractivity (Wildman–Crippen MR) is 92.1 cm³/mol. The van der Waals surface area contributed by atoms with Gasteiger partial charge in [-0.15, -0.1) is 0 Å². The van der Waals surface area contributed by atoms with Crippen molar-refractivity contribution in [1.82, 2.24) is 4.90 Å². The van der Waals surface area contributed by atoms with Crippen molar-refractivity contribution in [3.05, 3.63) is 35.4 Å². The van der Waals surface area contributed by atoms with Crippen LogP contribution < -0.4 is 0 Å². The van der Waals surface area contributed by atoms with Gasteiger partial charge in [-0.2, -0.15) is 0 Å². The van der Waals surface area contributed by atoms with E-state index in [1.807, 2.05) is 52.0 Å². The van der Waals surface area contributed by atoms with Gasteiger partial charge in [0.15, 0.2) is 0 Å². The molecule has 2 atom stereocenters. The Hall–Kier alpha value is -2.04. The standard InChI is InChI=1S/C19H27NO4/c1-13-7-5-8-14(11-13)16(17(21)22)15-9-6-10-20(12-15)18(23)24-19(2,3)4/h5,7-8,11,15-16H,6,9-10,12H2,1-4H3,(H,21,22). The first kappa shape index (κ1) is 18.3. The van der Waals surface area contributed by atoms with E-state index in [0.29, 0.717) is 13.1 Å². The molecule has 2 rings (SSSR count). The molecule has 5 heteroatoms. The second kappa shape index (κ2) is 7.24. The van der Waals surface area contributed by atoms with Gasteiger partial charge in [-0.25, -0.2) is 4.79 Å². The highest BCUT2D eigenvalue weighted by molar-refractivity contribution is 5.77. The molecule has 1 N–H and O–H groups in total. The van der Waals surface area contributed by atoms with E-state index in [0.717, 1.165) is 24.0 Å². The van der Waals surface area contributed by atoms with Crippen LogP contribution in [0.2, 0.25) is 0 Å². The number of rotatable bonds is 3. The summed E-state index contributed by atoms with van der Waals surface area (Å²) < 4.78 is 5.43. The lowest BCUT2D eigenvalue weighted by atomic mass is 9.80. The molecule has 1 aliphatic rings. The van der Waals surface area contributed by atoms with Gasteiger partial charge in [-0.05, 0) is 52.0 Å². The van der Waals surface area contributed by atoms with Crippen molar-refractivity contribution < 1.29 is 19.4 Å². The minimum atomic E-state index is -0.836. The summed E-state index contributed by atoms with van der Waals surface area (Å²) in [6, 6.07) is 7.62. The third kappa shape index (κ3) is 4.73. The maximum Gasteiger partial charge on any atom is 0.410 e. The zero-order valence-corrected chi connectivity index (χ0v) is 14.9. The fraction of sp³-hybridized carbons (Fsp3) is 0.579. The van der Waals surface area contributed by atoms with Gasteiger partial charge in [0.25, 0.3) is 0 Å². The predicted octanol–water partition coefficient (Wildman–Crippen LogP) is 3.81. The van der Waals surface area contributed by atoms with Crippen molar-refractivity contribution in [3.8, 4) is 0 Å². The van der Waals surface area contributed by atoms with Crippen LogP contribution in [0.5, 0.6) is 0 Å². The summed E-state index contributed by atoms with van der Waals surface area (Å²) in [6.07, 6.45) is 1.23. The Bertz CT molecular complexity index is 606. The van der Waals surface area contributed by atoms with Gasteiger partial charge in [-0.1, -0.05) is 29.8 Å². The molecule has 0 radical (unpaired) electrons. The Morgan fingerprint density at radius 3 is 2.62 bits per heavy atom. The Kier molecular flexibility index (Phi) is 5.52. The number of amides is 1. The number of hydrogen-bond acceptors (Lipinski definition) is 3. The highest BCUT2D eigenvalue weighted by Gasteiger charge is 2.35. The SMILES string of the molecule is Cc1cccc(C(C(=O)O)C2CCCN(C(=O)OC(C)(C)C)C2)c1. The fourth-order valence-corrected chi connectivity index (χ4v) is 3.25. The number of piperidine rings is 1. The summed E-state index contributed by atoms with van der Waals surface area (Å²) >= 11 is 0. The third-order valence-electron chi connectivity index (χ3n) is 4.25. The molecule has 1 amide bonds. The van der Waals surface area contributed by atoms with Gasteiger partial charge in [0.05, 0.1) is 5.92 Å². The molecule has 1 aromatic carbocycles. The first-order valence-corrected chi connectivity index (χ1v) is 8.44. The molecule has 0 saturated carbocycles. The number of likely N-dealkylation sites (tertiary alicyclic amines) is 1. The Morgan fingerprint density at radius 1 is 1.33 bits per heavy atom. The van der Waals surface area contributed by atoms with Gasteiger partial charge in [0.2, 0.25) is 0 Å². The number of carbonyl (C=O) groups excluding carboxylic acids is 1. The Labute approximate surface area is 143 Å². The van der Waals surface area contributed by atoms with Gasteiger partial charge in [-0.3, -0.25) is 4.79 Å². The highest BCUT2D eigenvalue weighted by atomic mass is 16.6. The van der Waals surface area contributed by atoms with Crippen LogP contribution in [0.1, 0.15) is 50.7 Å². The maximum absolute atomic E-state index is 12.3. The molecule has 132 valence electrons. The molecule has 0 aliphatic carbocycles. The topological polar surface area (TPSA) is 66.8 Å². The minimum absolute atomic E-state index is 0.106. The second-order valence-electron chi connectivity index (χ2n) is 7.56. The van der Waals surface area contributed by atoms with Crippen LogP contribution in [0.15, 0.2) is 24.3 Å². The monoisotopic (exact) mass is 333 g/mol. The summed E-state index contributed by atoms with van der Waals surface area (Å²) in [6.45, 7) is 8.49. The third-order valence-corrected chi connectivity index (χ3v) is 4.25. The number of aliphatic carboxylic acids is 1. The van der Waals surface area contributed by atoms with E-state index >= 15 is 0 Å². The van der Waals surface area contributed by atoms with Crippen molar-refractivity contribution >= 4 is 12.1 Å². The number of carboxylic acids is 1. The number of hydrogen-bond donors (Lipinski definition) is 1. The van der Waals surface area contributed by atoms with Crippen molar-refractivity contribution in [2.24, 2.45) is 5.92 Å². The van der Waals surface area contributed by atoms with Crippen LogP contribution in [0.25, 0.3) is 0 Å². The van der Waals surface area contributed by atoms with Crippen LogP contribution in [0, 0.1) is 12.8 Å². The van der Waals surface area contributed by atoms with E-state index in [2.05, 4.69) is 0 Å². The van der Waals surface area contributed by atoms with Crippen molar-refractivity contribution in [1.29, 1.82) is 0 Å². The smallest absolute Gasteiger partial charge is 0.410 e. The minimum Gasteiger partial charge on any atom is -0.481 e. The summed E-state index contributed by atoms with van der Waals surface area (Å²) in [5.74, 6) is -1.54. The zero-order chi connectivity index (χ0) is 17.9. The van der Waals surface area contributed by atoms with Crippen molar-refractivity contribution in [2.75, 3.05) is 13.1 Å². The molecule has 0 spiro atoms. The molecule has 24 heavy (non-hydrogen) atoms. The van der Waals surface area contributed by atoms with Crippen molar-refractivity contribution in [2.45, 2.75) is 52.1 Å². The lowest BCUT2D eigenvalue weighted by Gasteiger charge is -2.36. The lowest BCUT2D eigenvalue weighted by Crippen LogP contribution is -2.45. The molecule has 0 aromatic heterocycles. The van der Waals surface area contributed by atoms with Gasteiger partial charge in [0.1, 0.15) is 5.60 Å². The van der Waals surface area contributed by atoms with Crippen LogP contribution in [-0.2, 0) is 9.53 Å². The van der Waals surface area contributed by atoms with Gasteiger partial charge >= 0.3 is 12.1 Å². The van der Waals surface area contributed by atoms with Crippen LogP contribution in [-0.4, -0.2) is 40.8 Å². The van der Waals surface area contributed by atoms with E-state index in [1.165, 1.54) is 0 Å². The van der Waals surface area contributed by atoms with Crippen molar-refractivity contribution in [3.63, 3.8) is 0 Å². The number of ether oxygens (including phenoxy) is 1. The fourth-order valence-electron chi connectivity index (χ4n) is 3.25. The molecule has 1 fully saturated rings. The number of carboxylic acid groups (broad SMARTS) is 1. The Morgan fingerprint density at radius 2 is 2.04 bits per heavy atom. The molecule has 1 heterocycles. The molecular weight excluding hydrogens is 306 g/mol. The molecule has 1 aliphatic heterocycles. The first-order chi connectivity index (χ1) is 11.2. The second-order valence-corrected chi connectivity index (χ2v) is 7.56. The quantitative estimate of drug-likeness (QED) is 0.913. The lowest BCUT2D eigenvalue weighted by molar-refractivity contribution is -0.140. The van der Waals surface area contributed by atoms with Gasteiger partial charge in [0, 0.05) is 13.1 Å². The molecule has 5 nitrogen and oxygen atoms in total. The summed E-state index contributed by atoms with van der Waals surface area (Å²) in [7, 11) is 0. The van der Waals surface area contributed by atoms with E-state index in [4.69, 9.17) is 4.74 Å². The molecule has 1 aromatic rings. The summed E-state index contributed by atoms with van der Waals surface area (Å²) in [4.78, 5) is 25.8. The summed E-state index contributed by atoms with van der Waals surface area (Å²) in [5.41, 5.74) is 1.30. The molecule has 2 unspecified atom stereocenters. The van der Waals surface area contributed by atoms with E-state index < -0.39 is 17.5 Å². The maximum atomic E-state index is 12.3. The highest BCUT2D eigenvalue weighted by Crippen LogP contribution is 2.33. The average molecular weight is 333 g/mol. The number of benzene rings is 1.